The lowest BCUT2D eigenvalue weighted by molar-refractivity contribution is 0.163. The summed E-state index contributed by atoms with van der Waals surface area (Å²) in [6.45, 7) is 5.23. The van der Waals surface area contributed by atoms with Gasteiger partial charge < -0.3 is 5.32 Å². The summed E-state index contributed by atoms with van der Waals surface area (Å²) in [6, 6.07) is 1.71. The Labute approximate surface area is 97.7 Å². The van der Waals surface area contributed by atoms with Crippen LogP contribution in [0.4, 0.5) is 14.6 Å². The first kappa shape index (κ1) is 11.8. The Morgan fingerprint density at radius 3 is 2.71 bits per heavy atom. The topological polar surface area (TPSA) is 42.2 Å². The molecular formula is C11H14F2N4. The Bertz CT molecular complexity index is 548. The summed E-state index contributed by atoms with van der Waals surface area (Å²) in [5, 5.41) is 6.96. The molecule has 0 unspecified atom stereocenters. The highest BCUT2D eigenvalue weighted by Crippen LogP contribution is 2.18. The number of nitrogens with zero attached hydrogens (tertiary/aromatic N) is 3. The van der Waals surface area contributed by atoms with Crippen LogP contribution in [-0.4, -0.2) is 27.6 Å². The first-order valence-electron chi connectivity index (χ1n) is 5.34. The van der Waals surface area contributed by atoms with Crippen molar-refractivity contribution in [2.24, 2.45) is 0 Å². The molecule has 2 heterocycles. The number of hydrogen-bond donors (Lipinski definition) is 1. The molecule has 2 aromatic heterocycles. The Balaban J connectivity index is 2.50. The third kappa shape index (κ3) is 2.20. The van der Waals surface area contributed by atoms with Crippen LogP contribution in [0.25, 0.3) is 5.65 Å². The third-order valence-corrected chi connectivity index (χ3v) is 2.62. The van der Waals surface area contributed by atoms with Crippen molar-refractivity contribution in [1.29, 1.82) is 0 Å². The van der Waals surface area contributed by atoms with Gasteiger partial charge in [0, 0.05) is 17.3 Å². The summed E-state index contributed by atoms with van der Waals surface area (Å²) in [7, 11) is 0. The molecule has 0 fully saturated rings. The number of anilines is 1. The van der Waals surface area contributed by atoms with Crippen LogP contribution in [-0.2, 0) is 0 Å². The molecule has 0 aliphatic heterocycles. The fourth-order valence-corrected chi connectivity index (χ4v) is 1.66. The van der Waals surface area contributed by atoms with Crippen molar-refractivity contribution in [3.63, 3.8) is 0 Å². The zero-order valence-electron chi connectivity index (χ0n) is 9.96. The smallest absolute Gasteiger partial charge is 0.255 e. The summed E-state index contributed by atoms with van der Waals surface area (Å²) < 4.78 is 26.0. The van der Waals surface area contributed by atoms with Crippen molar-refractivity contribution in [1.82, 2.24) is 14.6 Å². The Morgan fingerprint density at radius 1 is 1.35 bits per heavy atom. The van der Waals surface area contributed by atoms with E-state index in [4.69, 9.17) is 0 Å². The quantitative estimate of drug-likeness (QED) is 0.895. The van der Waals surface area contributed by atoms with Gasteiger partial charge in [0.25, 0.3) is 6.43 Å². The monoisotopic (exact) mass is 240 g/mol. The molecule has 0 spiro atoms. The molecular weight excluding hydrogens is 226 g/mol. The number of rotatable bonds is 3. The van der Waals surface area contributed by atoms with E-state index in [0.29, 0.717) is 11.5 Å². The van der Waals surface area contributed by atoms with E-state index in [1.165, 1.54) is 0 Å². The van der Waals surface area contributed by atoms with Crippen LogP contribution >= 0.6 is 0 Å². The van der Waals surface area contributed by atoms with Crippen LogP contribution in [0.2, 0.25) is 0 Å². The predicted molar refractivity (Wildman–Crippen MR) is 61.7 cm³/mol. The van der Waals surface area contributed by atoms with Crippen molar-refractivity contribution in [3.8, 4) is 0 Å². The van der Waals surface area contributed by atoms with Crippen molar-refractivity contribution in [3.05, 3.63) is 23.0 Å². The van der Waals surface area contributed by atoms with E-state index in [1.54, 1.807) is 10.6 Å². The molecule has 0 bridgehead atoms. The maximum atomic E-state index is 12.2. The minimum absolute atomic E-state index is 0.392. The molecule has 2 aromatic rings. The van der Waals surface area contributed by atoms with Crippen LogP contribution in [0.15, 0.2) is 6.07 Å². The van der Waals surface area contributed by atoms with E-state index < -0.39 is 13.0 Å². The largest absolute Gasteiger partial charge is 0.364 e. The first-order chi connectivity index (χ1) is 7.99. The fraction of sp³-hybridized carbons (Fsp3) is 0.455. The van der Waals surface area contributed by atoms with Crippen molar-refractivity contribution < 1.29 is 8.78 Å². The maximum Gasteiger partial charge on any atom is 0.255 e. The lowest BCUT2D eigenvalue weighted by Gasteiger charge is -2.08. The van der Waals surface area contributed by atoms with Gasteiger partial charge in [0.15, 0.2) is 5.65 Å². The molecule has 0 aromatic carbocycles. The highest BCUT2D eigenvalue weighted by molar-refractivity contribution is 5.55. The second-order valence-corrected chi connectivity index (χ2v) is 4.00. The van der Waals surface area contributed by atoms with Crippen LogP contribution in [0.3, 0.4) is 0 Å². The van der Waals surface area contributed by atoms with Crippen LogP contribution < -0.4 is 5.32 Å². The number of hydrogen-bond acceptors (Lipinski definition) is 3. The van der Waals surface area contributed by atoms with Crippen LogP contribution in [0.5, 0.6) is 0 Å². The summed E-state index contributed by atoms with van der Waals surface area (Å²) in [6.07, 6.45) is -2.39. The van der Waals surface area contributed by atoms with Gasteiger partial charge in [-0.25, -0.2) is 13.8 Å². The van der Waals surface area contributed by atoms with Crippen molar-refractivity contribution in [2.75, 3.05) is 11.9 Å². The van der Waals surface area contributed by atoms with E-state index in [2.05, 4.69) is 15.4 Å². The van der Waals surface area contributed by atoms with Gasteiger partial charge in [-0.3, -0.25) is 0 Å². The molecule has 2 rings (SSSR count). The number of aryl methyl sites for hydroxylation is 3. The normalized spacial score (nSPS) is 11.4. The molecule has 0 saturated heterocycles. The zero-order valence-corrected chi connectivity index (χ0v) is 9.96. The predicted octanol–water partition coefficient (Wildman–Crippen LogP) is 2.33. The average Bonchev–Trinajstić information content (AvgIpc) is 2.53. The van der Waals surface area contributed by atoms with Crippen molar-refractivity contribution in [2.45, 2.75) is 27.2 Å². The summed E-state index contributed by atoms with van der Waals surface area (Å²) in [4.78, 5) is 4.36. The third-order valence-electron chi connectivity index (χ3n) is 2.62. The number of aromatic nitrogens is 3. The van der Waals surface area contributed by atoms with Gasteiger partial charge in [0.2, 0.25) is 0 Å². The molecule has 92 valence electrons. The second kappa shape index (κ2) is 4.27. The summed E-state index contributed by atoms with van der Waals surface area (Å²) in [5.74, 6) is 0.545. The highest BCUT2D eigenvalue weighted by atomic mass is 19.3. The van der Waals surface area contributed by atoms with Crippen LogP contribution in [0, 0.1) is 20.8 Å². The maximum absolute atomic E-state index is 12.2. The zero-order chi connectivity index (χ0) is 12.6. The fourth-order valence-electron chi connectivity index (χ4n) is 1.66. The molecule has 0 atom stereocenters. The Kier molecular flexibility index (Phi) is 2.95. The van der Waals surface area contributed by atoms with E-state index >= 15 is 0 Å². The Morgan fingerprint density at radius 2 is 2.06 bits per heavy atom. The molecule has 0 saturated carbocycles. The molecule has 0 aliphatic carbocycles. The molecule has 0 radical (unpaired) electrons. The van der Waals surface area contributed by atoms with Gasteiger partial charge >= 0.3 is 0 Å². The van der Waals surface area contributed by atoms with E-state index in [9.17, 15) is 8.78 Å². The number of fused-ring (bicyclic) bond motifs is 1. The van der Waals surface area contributed by atoms with E-state index in [1.807, 2.05) is 20.8 Å². The summed E-state index contributed by atoms with van der Waals surface area (Å²) >= 11 is 0. The van der Waals surface area contributed by atoms with Gasteiger partial charge in [0.05, 0.1) is 12.2 Å². The SMILES string of the molecule is Cc1cc(NCC(F)F)n2nc(C)c(C)c2n1. The standard InChI is InChI=1S/C11H14F2N4/c1-6-4-10(14-5-9(12)13)17-11(15-6)7(2)8(3)16-17/h4,9,14H,5H2,1-3H3. The van der Waals surface area contributed by atoms with Crippen molar-refractivity contribution >= 4 is 11.5 Å². The highest BCUT2D eigenvalue weighted by Gasteiger charge is 2.11. The summed E-state index contributed by atoms with van der Waals surface area (Å²) in [5.41, 5.74) is 3.30. The molecule has 0 amide bonds. The molecule has 4 nitrogen and oxygen atoms in total. The lowest BCUT2D eigenvalue weighted by atomic mass is 10.3. The Hall–Kier alpha value is -1.72. The minimum atomic E-state index is -2.39. The molecule has 17 heavy (non-hydrogen) atoms. The van der Waals surface area contributed by atoms with Gasteiger partial charge in [-0.2, -0.15) is 9.61 Å². The number of nitrogens with one attached hydrogen (secondary N) is 1. The first-order valence-corrected chi connectivity index (χ1v) is 5.34. The number of halogens is 2. The molecule has 1 N–H and O–H groups in total. The lowest BCUT2D eigenvalue weighted by Crippen LogP contribution is -2.13. The van der Waals surface area contributed by atoms with Crippen LogP contribution in [0.1, 0.15) is 17.0 Å². The van der Waals surface area contributed by atoms with Gasteiger partial charge in [-0.1, -0.05) is 0 Å². The van der Waals surface area contributed by atoms with E-state index in [-0.39, 0.29) is 0 Å². The number of alkyl halides is 2. The van der Waals surface area contributed by atoms with E-state index in [0.717, 1.165) is 17.0 Å². The van der Waals surface area contributed by atoms with Gasteiger partial charge in [0.1, 0.15) is 5.82 Å². The minimum Gasteiger partial charge on any atom is -0.364 e. The average molecular weight is 240 g/mol. The molecule has 0 aliphatic rings. The molecule has 6 heteroatoms. The van der Waals surface area contributed by atoms with Gasteiger partial charge in [-0.15, -0.1) is 0 Å². The van der Waals surface area contributed by atoms with Gasteiger partial charge in [-0.05, 0) is 20.8 Å². The second-order valence-electron chi connectivity index (χ2n) is 4.00.